The zero-order valence-electron chi connectivity index (χ0n) is 17.4. The Kier molecular flexibility index (Phi) is 6.87. The highest BCUT2D eigenvalue weighted by molar-refractivity contribution is 8.00. The van der Waals surface area contributed by atoms with Gasteiger partial charge in [0.2, 0.25) is 11.1 Å². The summed E-state index contributed by atoms with van der Waals surface area (Å²) < 4.78 is 13.0. The summed E-state index contributed by atoms with van der Waals surface area (Å²) in [7, 11) is 0. The van der Waals surface area contributed by atoms with E-state index in [0.29, 0.717) is 23.1 Å². The minimum absolute atomic E-state index is 0.156. The number of rotatable bonds is 7. The summed E-state index contributed by atoms with van der Waals surface area (Å²) in [6.07, 6.45) is 0. The van der Waals surface area contributed by atoms with Gasteiger partial charge >= 0.3 is 0 Å². The number of amides is 1. The SMILES string of the molecule is CC(Sc1nnc(-c2ccccc2)c(-c2ccccc2)n1)C(=O)NCc1ccc(F)cc1. The zero-order chi connectivity index (χ0) is 22.3. The minimum atomic E-state index is -0.427. The highest BCUT2D eigenvalue weighted by Crippen LogP contribution is 2.30. The van der Waals surface area contributed by atoms with Crippen molar-refractivity contribution in [1.29, 1.82) is 0 Å². The first-order valence-electron chi connectivity index (χ1n) is 10.1. The van der Waals surface area contributed by atoms with Gasteiger partial charge in [-0.2, -0.15) is 0 Å². The normalized spacial score (nSPS) is 11.7. The van der Waals surface area contributed by atoms with Gasteiger partial charge in [0.15, 0.2) is 0 Å². The van der Waals surface area contributed by atoms with Crippen LogP contribution in [0.2, 0.25) is 0 Å². The van der Waals surface area contributed by atoms with Gasteiger partial charge in [-0.05, 0) is 24.6 Å². The molecule has 0 spiro atoms. The lowest BCUT2D eigenvalue weighted by Crippen LogP contribution is -2.30. The fourth-order valence-corrected chi connectivity index (χ4v) is 3.83. The van der Waals surface area contributed by atoms with Gasteiger partial charge in [0.25, 0.3) is 0 Å². The van der Waals surface area contributed by atoms with Crippen LogP contribution < -0.4 is 5.32 Å². The number of carbonyl (C=O) groups is 1. The molecule has 0 radical (unpaired) electrons. The van der Waals surface area contributed by atoms with E-state index in [1.54, 1.807) is 19.1 Å². The molecule has 0 saturated carbocycles. The van der Waals surface area contributed by atoms with Crippen LogP contribution in [0.5, 0.6) is 0 Å². The monoisotopic (exact) mass is 444 g/mol. The molecule has 1 atom stereocenters. The standard InChI is InChI=1S/C25H21FN4OS/c1-17(24(31)27-16-18-12-14-21(26)15-13-18)32-25-28-22(19-8-4-2-5-9-19)23(29-30-25)20-10-6-3-7-11-20/h2-15,17H,16H2,1H3,(H,27,31). The zero-order valence-corrected chi connectivity index (χ0v) is 18.2. The van der Waals surface area contributed by atoms with E-state index in [1.807, 2.05) is 60.7 Å². The lowest BCUT2D eigenvalue weighted by molar-refractivity contribution is -0.120. The van der Waals surface area contributed by atoms with Gasteiger partial charge in [-0.25, -0.2) is 9.37 Å². The summed E-state index contributed by atoms with van der Waals surface area (Å²) in [5.41, 5.74) is 4.08. The van der Waals surface area contributed by atoms with Crippen molar-refractivity contribution in [1.82, 2.24) is 20.5 Å². The molecule has 0 aliphatic carbocycles. The summed E-state index contributed by atoms with van der Waals surface area (Å²) in [6.45, 7) is 2.12. The fraction of sp³-hybridized carbons (Fsp3) is 0.120. The Morgan fingerprint density at radius 2 is 1.47 bits per heavy atom. The topological polar surface area (TPSA) is 67.8 Å². The first kappa shape index (κ1) is 21.6. The number of thioether (sulfide) groups is 1. The van der Waals surface area contributed by atoms with Crippen LogP contribution in [0.3, 0.4) is 0 Å². The molecular weight excluding hydrogens is 423 g/mol. The Bertz CT molecular complexity index is 1190. The summed E-state index contributed by atoms with van der Waals surface area (Å²) in [5.74, 6) is -0.460. The van der Waals surface area contributed by atoms with Crippen LogP contribution in [0, 0.1) is 5.82 Å². The minimum Gasteiger partial charge on any atom is -0.351 e. The maximum absolute atomic E-state index is 13.0. The summed E-state index contributed by atoms with van der Waals surface area (Å²) >= 11 is 1.25. The number of benzene rings is 3. The molecule has 0 fully saturated rings. The van der Waals surface area contributed by atoms with E-state index in [2.05, 4.69) is 15.5 Å². The van der Waals surface area contributed by atoms with E-state index in [4.69, 9.17) is 4.98 Å². The number of hydrogen-bond acceptors (Lipinski definition) is 5. The molecule has 160 valence electrons. The highest BCUT2D eigenvalue weighted by Gasteiger charge is 2.19. The van der Waals surface area contributed by atoms with Crippen molar-refractivity contribution in [3.05, 3.63) is 96.3 Å². The van der Waals surface area contributed by atoms with Crippen molar-refractivity contribution in [3.8, 4) is 22.5 Å². The van der Waals surface area contributed by atoms with Crippen LogP contribution in [-0.2, 0) is 11.3 Å². The smallest absolute Gasteiger partial charge is 0.233 e. The number of halogens is 1. The van der Waals surface area contributed by atoms with Crippen LogP contribution in [0.1, 0.15) is 12.5 Å². The van der Waals surface area contributed by atoms with Crippen molar-refractivity contribution in [2.45, 2.75) is 23.9 Å². The first-order valence-corrected chi connectivity index (χ1v) is 11.0. The van der Waals surface area contributed by atoms with Gasteiger partial charge in [-0.3, -0.25) is 4.79 Å². The molecule has 0 aliphatic heterocycles. The fourth-order valence-electron chi connectivity index (χ4n) is 3.10. The molecular formula is C25H21FN4OS. The Morgan fingerprint density at radius 1 is 0.875 bits per heavy atom. The van der Waals surface area contributed by atoms with E-state index in [1.165, 1.54) is 23.9 Å². The predicted molar refractivity (Wildman–Crippen MR) is 124 cm³/mol. The highest BCUT2D eigenvalue weighted by atomic mass is 32.2. The maximum atomic E-state index is 13.0. The van der Waals surface area contributed by atoms with E-state index in [0.717, 1.165) is 16.7 Å². The third-order valence-corrected chi connectivity index (χ3v) is 5.74. The van der Waals surface area contributed by atoms with Crippen LogP contribution in [0.25, 0.3) is 22.5 Å². The summed E-state index contributed by atoms with van der Waals surface area (Å²) in [4.78, 5) is 17.3. The molecule has 1 amide bonds. The van der Waals surface area contributed by atoms with Gasteiger partial charge in [0.1, 0.15) is 17.2 Å². The second-order valence-electron chi connectivity index (χ2n) is 7.13. The van der Waals surface area contributed by atoms with Crippen molar-refractivity contribution < 1.29 is 9.18 Å². The maximum Gasteiger partial charge on any atom is 0.233 e. The van der Waals surface area contributed by atoms with Gasteiger partial charge in [0.05, 0.1) is 5.25 Å². The summed E-state index contributed by atoms with van der Waals surface area (Å²) in [6, 6.07) is 25.6. The van der Waals surface area contributed by atoms with Crippen molar-refractivity contribution in [3.63, 3.8) is 0 Å². The molecule has 1 aromatic heterocycles. The number of nitrogens with zero attached hydrogens (tertiary/aromatic N) is 3. The van der Waals surface area contributed by atoms with Gasteiger partial charge < -0.3 is 5.32 Å². The Balaban J connectivity index is 1.52. The van der Waals surface area contributed by atoms with Crippen LogP contribution in [-0.4, -0.2) is 26.3 Å². The van der Waals surface area contributed by atoms with E-state index < -0.39 is 5.25 Å². The molecule has 0 saturated heterocycles. The second-order valence-corrected chi connectivity index (χ2v) is 8.44. The number of nitrogens with one attached hydrogen (secondary N) is 1. The van der Waals surface area contributed by atoms with Gasteiger partial charge in [-0.15, -0.1) is 10.2 Å². The van der Waals surface area contributed by atoms with Crippen molar-refractivity contribution >= 4 is 17.7 Å². The first-order chi connectivity index (χ1) is 15.6. The molecule has 1 unspecified atom stereocenters. The van der Waals surface area contributed by atoms with E-state index in [9.17, 15) is 9.18 Å². The molecule has 32 heavy (non-hydrogen) atoms. The van der Waals surface area contributed by atoms with E-state index in [-0.39, 0.29) is 11.7 Å². The van der Waals surface area contributed by atoms with Crippen LogP contribution >= 0.6 is 11.8 Å². The lowest BCUT2D eigenvalue weighted by Gasteiger charge is -2.13. The Labute approximate surface area is 190 Å². The molecule has 4 aromatic rings. The molecule has 4 rings (SSSR count). The average Bonchev–Trinajstić information content (AvgIpc) is 2.84. The number of hydrogen-bond donors (Lipinski definition) is 1. The molecule has 0 aliphatic rings. The van der Waals surface area contributed by atoms with E-state index >= 15 is 0 Å². The van der Waals surface area contributed by atoms with Gasteiger partial charge in [-0.1, -0.05) is 84.6 Å². The quantitative estimate of drug-likeness (QED) is 0.400. The number of aromatic nitrogens is 3. The molecule has 7 heteroatoms. The lowest BCUT2D eigenvalue weighted by atomic mass is 10.0. The van der Waals surface area contributed by atoms with Crippen LogP contribution in [0.15, 0.2) is 90.1 Å². The largest absolute Gasteiger partial charge is 0.351 e. The molecule has 3 aromatic carbocycles. The average molecular weight is 445 g/mol. The summed E-state index contributed by atoms with van der Waals surface area (Å²) in [5, 5.41) is 11.6. The second kappa shape index (κ2) is 10.2. The third kappa shape index (κ3) is 5.36. The molecule has 5 nitrogen and oxygen atoms in total. The van der Waals surface area contributed by atoms with Crippen LogP contribution in [0.4, 0.5) is 4.39 Å². The molecule has 1 N–H and O–H groups in total. The third-order valence-electron chi connectivity index (χ3n) is 4.79. The van der Waals surface area contributed by atoms with Crippen molar-refractivity contribution in [2.75, 3.05) is 0 Å². The van der Waals surface area contributed by atoms with Crippen molar-refractivity contribution in [2.24, 2.45) is 0 Å². The Morgan fingerprint density at radius 3 is 2.09 bits per heavy atom. The Hall–Kier alpha value is -3.58. The predicted octanol–water partition coefficient (Wildman–Crippen LogP) is 5.14. The number of carbonyl (C=O) groups excluding carboxylic acids is 1. The van der Waals surface area contributed by atoms with Gasteiger partial charge in [0, 0.05) is 17.7 Å². The molecule has 1 heterocycles. The molecule has 0 bridgehead atoms.